The van der Waals surface area contributed by atoms with Gasteiger partial charge in [-0.05, 0) is 24.6 Å². The van der Waals surface area contributed by atoms with Gasteiger partial charge >= 0.3 is 0 Å². The van der Waals surface area contributed by atoms with E-state index in [1.807, 2.05) is 7.05 Å². The molecule has 0 atom stereocenters. The Labute approximate surface area is 93.1 Å². The second-order valence-electron chi connectivity index (χ2n) is 3.79. The first-order valence-corrected chi connectivity index (χ1v) is 5.85. The second-order valence-corrected chi connectivity index (χ2v) is 3.79. The third-order valence-electron chi connectivity index (χ3n) is 2.56. The highest BCUT2D eigenvalue weighted by Gasteiger charge is 1.97. The average Bonchev–Trinajstić information content (AvgIpc) is 2.29. The van der Waals surface area contributed by atoms with Crippen molar-refractivity contribution in [1.29, 1.82) is 0 Å². The molecule has 0 spiro atoms. The normalized spacial score (nSPS) is 10.3. The molecule has 0 aromatic heterocycles. The first kappa shape index (κ1) is 12.1. The molecule has 1 rings (SSSR count). The predicted molar refractivity (Wildman–Crippen MR) is 67.2 cm³/mol. The van der Waals surface area contributed by atoms with E-state index in [1.165, 1.54) is 30.5 Å². The number of rotatable bonds is 7. The van der Waals surface area contributed by atoms with Crippen LogP contribution in [0.3, 0.4) is 0 Å². The molecular formula is C13H22N2. The maximum Gasteiger partial charge on any atom is 0.0383 e. The van der Waals surface area contributed by atoms with E-state index in [4.69, 9.17) is 0 Å². The van der Waals surface area contributed by atoms with Gasteiger partial charge in [0.25, 0.3) is 0 Å². The molecule has 0 saturated carbocycles. The Morgan fingerprint density at radius 1 is 1.13 bits per heavy atom. The van der Waals surface area contributed by atoms with Gasteiger partial charge in [-0.25, -0.2) is 0 Å². The average molecular weight is 206 g/mol. The summed E-state index contributed by atoms with van der Waals surface area (Å²) in [5.41, 5.74) is 2.57. The number of anilines is 1. The molecule has 2 heteroatoms. The molecule has 1 aromatic carbocycles. The summed E-state index contributed by atoms with van der Waals surface area (Å²) in [7, 11) is 1.97. The van der Waals surface area contributed by atoms with Crippen LogP contribution >= 0.6 is 0 Å². The Morgan fingerprint density at radius 2 is 1.93 bits per heavy atom. The first-order valence-electron chi connectivity index (χ1n) is 5.85. The molecule has 0 saturated heterocycles. The van der Waals surface area contributed by atoms with Crippen LogP contribution in [0.2, 0.25) is 0 Å². The zero-order valence-electron chi connectivity index (χ0n) is 9.84. The summed E-state index contributed by atoms with van der Waals surface area (Å²) < 4.78 is 0. The molecule has 2 N–H and O–H groups in total. The lowest BCUT2D eigenvalue weighted by Gasteiger charge is -2.09. The molecule has 0 aliphatic carbocycles. The highest BCUT2D eigenvalue weighted by atomic mass is 14.9. The van der Waals surface area contributed by atoms with Crippen molar-refractivity contribution in [2.45, 2.75) is 32.7 Å². The number of hydrogen-bond donors (Lipinski definition) is 2. The van der Waals surface area contributed by atoms with Gasteiger partial charge in [-0.15, -0.1) is 0 Å². The van der Waals surface area contributed by atoms with Crippen LogP contribution in [-0.4, -0.2) is 13.6 Å². The highest BCUT2D eigenvalue weighted by molar-refractivity contribution is 5.50. The quantitative estimate of drug-likeness (QED) is 0.670. The largest absolute Gasteiger partial charge is 0.388 e. The predicted octanol–water partition coefficient (Wildman–Crippen LogP) is 3.01. The monoisotopic (exact) mass is 206 g/mol. The minimum absolute atomic E-state index is 0.959. The van der Waals surface area contributed by atoms with Gasteiger partial charge in [0.1, 0.15) is 0 Å². The fourth-order valence-corrected chi connectivity index (χ4v) is 1.64. The molecule has 0 bridgehead atoms. The van der Waals surface area contributed by atoms with E-state index < -0.39 is 0 Å². The van der Waals surface area contributed by atoms with E-state index in [0.29, 0.717) is 0 Å². The van der Waals surface area contributed by atoms with Gasteiger partial charge in [-0.2, -0.15) is 0 Å². The fraction of sp³-hybridized carbons (Fsp3) is 0.538. The van der Waals surface area contributed by atoms with Crippen LogP contribution in [0.5, 0.6) is 0 Å². The molecule has 0 heterocycles. The lowest BCUT2D eigenvalue weighted by molar-refractivity contribution is 0.617. The second kappa shape index (κ2) is 7.30. The SMILES string of the molecule is CCCCCNCc1ccccc1NC. The van der Waals surface area contributed by atoms with E-state index in [1.54, 1.807) is 0 Å². The topological polar surface area (TPSA) is 24.1 Å². The number of unbranched alkanes of at least 4 members (excludes halogenated alkanes) is 2. The summed E-state index contributed by atoms with van der Waals surface area (Å²) in [4.78, 5) is 0. The van der Waals surface area contributed by atoms with E-state index in [0.717, 1.165) is 13.1 Å². The van der Waals surface area contributed by atoms with Crippen molar-refractivity contribution >= 4 is 5.69 Å². The van der Waals surface area contributed by atoms with Crippen LogP contribution in [0.25, 0.3) is 0 Å². The van der Waals surface area contributed by atoms with E-state index in [-0.39, 0.29) is 0 Å². The molecule has 1 aromatic rings. The van der Waals surface area contributed by atoms with Crippen LogP contribution in [0, 0.1) is 0 Å². The van der Waals surface area contributed by atoms with Crippen LogP contribution in [-0.2, 0) is 6.54 Å². The lowest BCUT2D eigenvalue weighted by Crippen LogP contribution is -2.15. The molecule has 2 nitrogen and oxygen atoms in total. The van der Waals surface area contributed by atoms with E-state index in [2.05, 4.69) is 41.8 Å². The number of hydrogen-bond acceptors (Lipinski definition) is 2. The zero-order chi connectivity index (χ0) is 10.9. The smallest absolute Gasteiger partial charge is 0.0383 e. The van der Waals surface area contributed by atoms with Gasteiger partial charge < -0.3 is 10.6 Å². The summed E-state index contributed by atoms with van der Waals surface area (Å²) in [5.74, 6) is 0. The van der Waals surface area contributed by atoms with Crippen molar-refractivity contribution < 1.29 is 0 Å². The minimum Gasteiger partial charge on any atom is -0.388 e. The van der Waals surface area contributed by atoms with Crippen molar-refractivity contribution in [2.75, 3.05) is 18.9 Å². The van der Waals surface area contributed by atoms with Crippen LogP contribution in [0.1, 0.15) is 31.7 Å². The first-order chi connectivity index (χ1) is 7.38. The maximum absolute atomic E-state index is 3.47. The Kier molecular flexibility index (Phi) is 5.86. The zero-order valence-corrected chi connectivity index (χ0v) is 9.84. The number of benzene rings is 1. The van der Waals surface area contributed by atoms with Crippen LogP contribution < -0.4 is 10.6 Å². The maximum atomic E-state index is 3.47. The molecule has 15 heavy (non-hydrogen) atoms. The standard InChI is InChI=1S/C13H22N2/c1-3-4-7-10-15-11-12-8-5-6-9-13(12)14-2/h5-6,8-9,14-15H,3-4,7,10-11H2,1-2H3. The molecular weight excluding hydrogens is 184 g/mol. The summed E-state index contributed by atoms with van der Waals surface area (Å²) in [5, 5.41) is 6.68. The number of para-hydroxylation sites is 1. The van der Waals surface area contributed by atoms with Crippen molar-refractivity contribution in [2.24, 2.45) is 0 Å². The molecule has 0 aliphatic heterocycles. The minimum atomic E-state index is 0.959. The van der Waals surface area contributed by atoms with Gasteiger partial charge in [0, 0.05) is 19.3 Å². The summed E-state index contributed by atoms with van der Waals surface area (Å²) in [6.07, 6.45) is 3.88. The highest BCUT2D eigenvalue weighted by Crippen LogP contribution is 2.13. The van der Waals surface area contributed by atoms with Crippen molar-refractivity contribution in [3.8, 4) is 0 Å². The summed E-state index contributed by atoms with van der Waals surface area (Å²) in [6.45, 7) is 4.31. The fourth-order valence-electron chi connectivity index (χ4n) is 1.64. The van der Waals surface area contributed by atoms with Gasteiger partial charge in [0.05, 0.1) is 0 Å². The molecule has 0 radical (unpaired) electrons. The van der Waals surface area contributed by atoms with Crippen molar-refractivity contribution in [1.82, 2.24) is 5.32 Å². The molecule has 0 amide bonds. The Bertz CT molecular complexity index is 271. The van der Waals surface area contributed by atoms with E-state index >= 15 is 0 Å². The van der Waals surface area contributed by atoms with Gasteiger partial charge in [0.15, 0.2) is 0 Å². The molecule has 0 unspecified atom stereocenters. The molecule has 0 fully saturated rings. The Hall–Kier alpha value is -1.02. The van der Waals surface area contributed by atoms with Crippen LogP contribution in [0.15, 0.2) is 24.3 Å². The van der Waals surface area contributed by atoms with Crippen molar-refractivity contribution in [3.63, 3.8) is 0 Å². The van der Waals surface area contributed by atoms with Crippen LogP contribution in [0.4, 0.5) is 5.69 Å². The van der Waals surface area contributed by atoms with Gasteiger partial charge in [0.2, 0.25) is 0 Å². The Morgan fingerprint density at radius 3 is 2.67 bits per heavy atom. The summed E-state index contributed by atoms with van der Waals surface area (Å²) >= 11 is 0. The summed E-state index contributed by atoms with van der Waals surface area (Å²) in [6, 6.07) is 8.43. The third-order valence-corrected chi connectivity index (χ3v) is 2.56. The lowest BCUT2D eigenvalue weighted by atomic mass is 10.1. The van der Waals surface area contributed by atoms with Gasteiger partial charge in [-0.1, -0.05) is 38.0 Å². The third kappa shape index (κ3) is 4.34. The number of nitrogens with one attached hydrogen (secondary N) is 2. The van der Waals surface area contributed by atoms with E-state index in [9.17, 15) is 0 Å². The molecule has 84 valence electrons. The molecule has 0 aliphatic rings. The van der Waals surface area contributed by atoms with Gasteiger partial charge in [-0.3, -0.25) is 0 Å². The Balaban J connectivity index is 2.30. The van der Waals surface area contributed by atoms with Crippen molar-refractivity contribution in [3.05, 3.63) is 29.8 Å².